The molecule has 0 heterocycles. The maximum absolute atomic E-state index is 10.7. The molecule has 0 aliphatic carbocycles. The number of ketones is 1. The second kappa shape index (κ2) is 4.48. The van der Waals surface area contributed by atoms with Crippen molar-refractivity contribution in [1.82, 2.24) is 0 Å². The number of carbonyl (C=O) groups is 1. The molecule has 0 aromatic rings. The summed E-state index contributed by atoms with van der Waals surface area (Å²) in [6.07, 6.45) is 0. The van der Waals surface area contributed by atoms with E-state index >= 15 is 0 Å². The summed E-state index contributed by atoms with van der Waals surface area (Å²) in [4.78, 5) is 20.3. The smallest absolute Gasteiger partial charge is 0.348 e. The summed E-state index contributed by atoms with van der Waals surface area (Å²) in [5.74, 6) is -0.527. The molecule has 0 atom stereocenters. The normalized spacial score (nSPS) is 11.9. The number of hydrogen-bond acceptors (Lipinski definition) is 4. The molecule has 0 N–H and O–H groups in total. The van der Waals surface area contributed by atoms with Crippen LogP contribution in [0.3, 0.4) is 0 Å². The minimum atomic E-state index is -0.729. The van der Waals surface area contributed by atoms with Crippen LogP contribution in [-0.4, -0.2) is 17.3 Å². The van der Waals surface area contributed by atoms with Crippen LogP contribution in [0.15, 0.2) is 11.5 Å². The molecule has 68 valence electrons. The number of hydrogen-bond donors (Lipinski definition) is 0. The number of nitrogens with zero attached hydrogens (tertiary/aromatic N) is 1. The fourth-order valence-electron chi connectivity index (χ4n) is 0.790. The zero-order valence-corrected chi connectivity index (χ0v) is 7.29. The minimum Gasteiger partial charge on any atom is -0.491 e. The lowest BCUT2D eigenvalue weighted by atomic mass is 10.3. The summed E-state index contributed by atoms with van der Waals surface area (Å²) >= 11 is 0. The van der Waals surface area contributed by atoms with Crippen molar-refractivity contribution in [1.29, 1.82) is 0 Å². The van der Waals surface area contributed by atoms with Gasteiger partial charge >= 0.3 is 5.70 Å². The molecule has 0 aliphatic heterocycles. The quantitative estimate of drug-likeness (QED) is 0.276. The Morgan fingerprint density at radius 3 is 2.25 bits per heavy atom. The molecule has 0 bridgehead atoms. The van der Waals surface area contributed by atoms with Crippen molar-refractivity contribution in [3.8, 4) is 0 Å². The number of ether oxygens (including phenoxy) is 1. The number of rotatable bonds is 4. The van der Waals surface area contributed by atoms with Crippen molar-refractivity contribution in [2.24, 2.45) is 0 Å². The molecule has 0 amide bonds. The van der Waals surface area contributed by atoms with E-state index in [-0.39, 0.29) is 5.76 Å². The summed E-state index contributed by atoms with van der Waals surface area (Å²) in [5.41, 5.74) is -0.475. The summed E-state index contributed by atoms with van der Waals surface area (Å²) < 4.78 is 4.84. The first-order valence-corrected chi connectivity index (χ1v) is 3.49. The van der Waals surface area contributed by atoms with Crippen molar-refractivity contribution in [3.63, 3.8) is 0 Å². The van der Waals surface area contributed by atoms with Crippen LogP contribution in [0.1, 0.15) is 20.8 Å². The Hall–Kier alpha value is -1.39. The van der Waals surface area contributed by atoms with Crippen molar-refractivity contribution in [2.75, 3.05) is 6.61 Å². The highest BCUT2D eigenvalue weighted by Crippen LogP contribution is 2.07. The number of Topliss-reactive ketones (excluding diaryl/α,β-unsaturated/α-hetero) is 1. The second-order valence-electron chi connectivity index (χ2n) is 2.15. The maximum Gasteiger partial charge on any atom is 0.348 e. The highest BCUT2D eigenvalue weighted by atomic mass is 16.6. The fraction of sp³-hybridized carbons (Fsp3) is 0.571. The molecule has 0 spiro atoms. The summed E-state index contributed by atoms with van der Waals surface area (Å²) in [6.45, 7) is 4.56. The molecule has 0 saturated carbocycles. The fourth-order valence-corrected chi connectivity index (χ4v) is 0.790. The van der Waals surface area contributed by atoms with E-state index in [4.69, 9.17) is 4.74 Å². The monoisotopic (exact) mass is 173 g/mol. The molecule has 0 radical (unpaired) electrons. The third-order valence-electron chi connectivity index (χ3n) is 1.21. The van der Waals surface area contributed by atoms with Gasteiger partial charge in [-0.1, -0.05) is 0 Å². The van der Waals surface area contributed by atoms with Crippen LogP contribution >= 0.6 is 0 Å². The number of allylic oxidation sites excluding steroid dienone is 2. The third kappa shape index (κ3) is 2.69. The van der Waals surface area contributed by atoms with Crippen molar-refractivity contribution in [2.45, 2.75) is 20.8 Å². The molecule has 0 unspecified atom stereocenters. The van der Waals surface area contributed by atoms with E-state index in [1.807, 2.05) is 0 Å². The van der Waals surface area contributed by atoms with E-state index in [1.54, 1.807) is 6.92 Å². The molecule has 0 rings (SSSR count). The predicted molar refractivity (Wildman–Crippen MR) is 42.0 cm³/mol. The number of nitro groups is 1. The molecule has 0 fully saturated rings. The first-order valence-electron chi connectivity index (χ1n) is 3.49. The van der Waals surface area contributed by atoms with Gasteiger partial charge in [0.05, 0.1) is 11.5 Å². The van der Waals surface area contributed by atoms with Gasteiger partial charge in [0.25, 0.3) is 0 Å². The van der Waals surface area contributed by atoms with E-state index in [1.165, 1.54) is 6.92 Å². The minimum absolute atomic E-state index is 0.0648. The van der Waals surface area contributed by atoms with Crippen LogP contribution in [0.2, 0.25) is 0 Å². The highest BCUT2D eigenvalue weighted by molar-refractivity contribution is 5.91. The van der Waals surface area contributed by atoms with E-state index in [0.717, 1.165) is 6.92 Å². The van der Waals surface area contributed by atoms with E-state index in [9.17, 15) is 14.9 Å². The standard InChI is InChI=1S/C7H11NO4/c1-4-12-6(3)7(5(2)9)8(10)11/h4H2,1-3H3. The lowest BCUT2D eigenvalue weighted by molar-refractivity contribution is -0.421. The van der Waals surface area contributed by atoms with Gasteiger partial charge in [-0.3, -0.25) is 14.9 Å². The molecule has 0 saturated heterocycles. The van der Waals surface area contributed by atoms with Crippen molar-refractivity contribution in [3.05, 3.63) is 21.6 Å². The summed E-state index contributed by atoms with van der Waals surface area (Å²) in [5, 5.41) is 10.3. The van der Waals surface area contributed by atoms with Gasteiger partial charge < -0.3 is 4.74 Å². The first-order chi connectivity index (χ1) is 5.50. The molecule has 0 aromatic heterocycles. The lowest BCUT2D eigenvalue weighted by Crippen LogP contribution is -2.11. The van der Waals surface area contributed by atoms with Crippen LogP contribution in [0, 0.1) is 10.1 Å². The maximum atomic E-state index is 10.7. The molecule has 0 aliphatic rings. The second-order valence-corrected chi connectivity index (χ2v) is 2.15. The van der Waals surface area contributed by atoms with Gasteiger partial charge in [0.2, 0.25) is 5.78 Å². The van der Waals surface area contributed by atoms with Crippen molar-refractivity contribution < 1.29 is 14.5 Å². The van der Waals surface area contributed by atoms with Gasteiger partial charge in [0, 0.05) is 13.8 Å². The SMILES string of the molecule is CCOC(C)=C(C(C)=O)[N+](=O)[O-]. The molecular weight excluding hydrogens is 162 g/mol. The largest absolute Gasteiger partial charge is 0.491 e. The van der Waals surface area contributed by atoms with Gasteiger partial charge in [-0.25, -0.2) is 0 Å². The summed E-state index contributed by atoms with van der Waals surface area (Å²) in [6, 6.07) is 0. The van der Waals surface area contributed by atoms with Crippen molar-refractivity contribution >= 4 is 5.78 Å². The molecule has 5 heteroatoms. The van der Waals surface area contributed by atoms with Crippen LogP contribution < -0.4 is 0 Å². The number of carbonyl (C=O) groups excluding carboxylic acids is 1. The van der Waals surface area contributed by atoms with E-state index in [2.05, 4.69) is 0 Å². The summed E-state index contributed by atoms with van der Waals surface area (Å²) in [7, 11) is 0. The third-order valence-corrected chi connectivity index (χ3v) is 1.21. The van der Waals surface area contributed by atoms with Gasteiger partial charge in [-0.15, -0.1) is 0 Å². The Morgan fingerprint density at radius 2 is 2.00 bits per heavy atom. The topological polar surface area (TPSA) is 69.4 Å². The molecule has 12 heavy (non-hydrogen) atoms. The Balaban J connectivity index is 4.80. The van der Waals surface area contributed by atoms with Gasteiger partial charge in [0.15, 0.2) is 5.76 Å². The van der Waals surface area contributed by atoms with E-state index < -0.39 is 16.4 Å². The Labute approximate surface area is 70.2 Å². The van der Waals surface area contributed by atoms with Gasteiger partial charge in [0.1, 0.15) is 0 Å². The lowest BCUT2D eigenvalue weighted by Gasteiger charge is -2.01. The predicted octanol–water partition coefficient (Wildman–Crippen LogP) is 1.12. The first kappa shape index (κ1) is 10.6. The Kier molecular flexibility index (Phi) is 3.96. The molecule has 5 nitrogen and oxygen atoms in total. The zero-order valence-electron chi connectivity index (χ0n) is 7.29. The van der Waals surface area contributed by atoms with Crippen LogP contribution in [-0.2, 0) is 9.53 Å². The van der Waals surface area contributed by atoms with Gasteiger partial charge in [-0.2, -0.15) is 0 Å². The zero-order chi connectivity index (χ0) is 9.72. The Bertz CT molecular complexity index is 216. The average Bonchev–Trinajstić information content (AvgIpc) is 1.85. The van der Waals surface area contributed by atoms with Crippen LogP contribution in [0.5, 0.6) is 0 Å². The van der Waals surface area contributed by atoms with Crippen LogP contribution in [0.4, 0.5) is 0 Å². The van der Waals surface area contributed by atoms with Crippen LogP contribution in [0.25, 0.3) is 0 Å². The highest BCUT2D eigenvalue weighted by Gasteiger charge is 2.21. The molecular formula is C7H11NO4. The molecule has 0 aromatic carbocycles. The Morgan fingerprint density at radius 1 is 1.50 bits per heavy atom. The van der Waals surface area contributed by atoms with Gasteiger partial charge in [-0.05, 0) is 6.92 Å². The average molecular weight is 173 g/mol. The van der Waals surface area contributed by atoms with E-state index in [0.29, 0.717) is 6.61 Å².